The van der Waals surface area contributed by atoms with Crippen molar-refractivity contribution in [2.24, 2.45) is 0 Å². The Kier molecular flexibility index (Phi) is 4.61. The molecule has 2 aromatic heterocycles. The third-order valence-electron chi connectivity index (χ3n) is 4.53. The van der Waals surface area contributed by atoms with Crippen LogP contribution in [0.4, 0.5) is 0 Å². The van der Waals surface area contributed by atoms with Crippen molar-refractivity contribution in [3.05, 3.63) is 59.0 Å². The van der Waals surface area contributed by atoms with Gasteiger partial charge in [0.15, 0.2) is 5.65 Å². The number of aryl methyl sites for hydroxylation is 1. The molecule has 0 fully saturated rings. The Morgan fingerprint density at radius 1 is 1.17 bits per heavy atom. The van der Waals surface area contributed by atoms with E-state index in [1.807, 2.05) is 37.4 Å². The summed E-state index contributed by atoms with van der Waals surface area (Å²) >= 11 is 0. The van der Waals surface area contributed by atoms with E-state index in [4.69, 9.17) is 10.2 Å². The van der Waals surface area contributed by atoms with Gasteiger partial charge in [0.05, 0.1) is 18.2 Å². The minimum absolute atomic E-state index is 0.429. The van der Waals surface area contributed by atoms with E-state index in [2.05, 4.69) is 35.5 Å². The number of hydrogen-bond acceptors (Lipinski definition) is 3. The third kappa shape index (κ3) is 3.03. The molecule has 1 aromatic carbocycles. The minimum Gasteiger partial charge on any atom is -0.308 e. The average Bonchev–Trinajstić information content (AvgIpc) is 2.94. The number of fused-ring (bicyclic) bond motifs is 1. The Balaban J connectivity index is 2.09. The van der Waals surface area contributed by atoms with Crippen molar-refractivity contribution in [3.63, 3.8) is 0 Å². The maximum absolute atomic E-state index is 8.96. The first-order valence-corrected chi connectivity index (χ1v) is 8.48. The molecule has 0 saturated heterocycles. The summed E-state index contributed by atoms with van der Waals surface area (Å²) in [5.74, 6) is 1.54. The molecular weight excluding hydrogens is 296 g/mol. The van der Waals surface area contributed by atoms with Crippen LogP contribution in [-0.4, -0.2) is 14.5 Å². The van der Waals surface area contributed by atoms with Crippen LogP contribution < -0.4 is 0 Å². The van der Waals surface area contributed by atoms with Crippen LogP contribution in [0.2, 0.25) is 0 Å². The quantitative estimate of drug-likeness (QED) is 0.692. The van der Waals surface area contributed by atoms with Crippen LogP contribution in [0.3, 0.4) is 0 Å². The molecule has 3 rings (SSSR count). The summed E-state index contributed by atoms with van der Waals surface area (Å²) in [6.07, 6.45) is 4.02. The monoisotopic (exact) mass is 318 g/mol. The van der Waals surface area contributed by atoms with Gasteiger partial charge in [0.2, 0.25) is 0 Å². The summed E-state index contributed by atoms with van der Waals surface area (Å²) in [5, 5.41) is 8.96. The molecule has 24 heavy (non-hydrogen) atoms. The maximum atomic E-state index is 8.96. The van der Waals surface area contributed by atoms with Gasteiger partial charge in [-0.1, -0.05) is 26.0 Å². The molecule has 0 atom stereocenters. The largest absolute Gasteiger partial charge is 0.308 e. The summed E-state index contributed by atoms with van der Waals surface area (Å²) in [6.45, 7) is 7.18. The Morgan fingerprint density at radius 3 is 2.50 bits per heavy atom. The molecule has 3 aromatic rings. The summed E-state index contributed by atoms with van der Waals surface area (Å²) in [7, 11) is 0. The summed E-state index contributed by atoms with van der Waals surface area (Å²) in [5.41, 5.74) is 4.87. The molecule has 0 radical (unpaired) electrons. The Morgan fingerprint density at radius 2 is 1.88 bits per heavy atom. The van der Waals surface area contributed by atoms with Crippen LogP contribution in [0.25, 0.3) is 11.2 Å². The Labute approximate surface area is 142 Å². The molecule has 4 heteroatoms. The zero-order valence-electron chi connectivity index (χ0n) is 14.5. The highest BCUT2D eigenvalue weighted by Crippen LogP contribution is 2.27. The Bertz CT molecular complexity index is 880. The molecule has 0 amide bonds. The molecule has 0 N–H and O–H groups in total. The highest BCUT2D eigenvalue weighted by atomic mass is 15.1. The number of pyridine rings is 1. The lowest BCUT2D eigenvalue weighted by Gasteiger charge is -2.15. The topological polar surface area (TPSA) is 54.5 Å². The molecule has 4 nitrogen and oxygen atoms in total. The molecule has 2 heterocycles. The molecule has 0 aliphatic rings. The van der Waals surface area contributed by atoms with Gasteiger partial charge >= 0.3 is 0 Å². The normalized spacial score (nSPS) is 11.1. The fourth-order valence-corrected chi connectivity index (χ4v) is 3.12. The number of nitriles is 1. The van der Waals surface area contributed by atoms with E-state index in [0.717, 1.165) is 47.5 Å². The predicted octanol–water partition coefficient (Wildman–Crippen LogP) is 4.56. The van der Waals surface area contributed by atoms with Crippen LogP contribution in [0.5, 0.6) is 0 Å². The fraction of sp³-hybridized carbons (Fsp3) is 0.350. The molecule has 0 bridgehead atoms. The number of benzene rings is 1. The van der Waals surface area contributed by atoms with E-state index in [1.165, 1.54) is 0 Å². The van der Waals surface area contributed by atoms with E-state index < -0.39 is 0 Å². The first-order valence-electron chi connectivity index (χ1n) is 8.48. The average molecular weight is 318 g/mol. The lowest BCUT2D eigenvalue weighted by molar-refractivity contribution is 0.569. The van der Waals surface area contributed by atoms with Gasteiger partial charge in [-0.2, -0.15) is 5.26 Å². The predicted molar refractivity (Wildman–Crippen MR) is 95.8 cm³/mol. The lowest BCUT2D eigenvalue weighted by atomic mass is 10.0. The van der Waals surface area contributed by atoms with Gasteiger partial charge in [-0.3, -0.25) is 0 Å². The molecular formula is C20H22N4. The van der Waals surface area contributed by atoms with E-state index in [1.54, 1.807) is 0 Å². The maximum Gasteiger partial charge on any atom is 0.160 e. The zero-order valence-corrected chi connectivity index (χ0v) is 14.5. The van der Waals surface area contributed by atoms with Gasteiger partial charge in [-0.15, -0.1) is 0 Å². The number of imidazole rings is 1. The second kappa shape index (κ2) is 6.84. The molecule has 0 aliphatic heterocycles. The zero-order chi connectivity index (χ0) is 17.1. The van der Waals surface area contributed by atoms with Gasteiger partial charge in [-0.05, 0) is 49.1 Å². The second-order valence-corrected chi connectivity index (χ2v) is 6.23. The van der Waals surface area contributed by atoms with Gasteiger partial charge < -0.3 is 4.57 Å². The van der Waals surface area contributed by atoms with Crippen molar-refractivity contribution in [1.29, 1.82) is 5.26 Å². The molecule has 122 valence electrons. The summed E-state index contributed by atoms with van der Waals surface area (Å²) < 4.78 is 2.23. The highest BCUT2D eigenvalue weighted by Gasteiger charge is 2.18. The number of aromatic nitrogens is 3. The Hall–Kier alpha value is -2.67. The summed E-state index contributed by atoms with van der Waals surface area (Å²) in [6, 6.07) is 12.0. The molecule has 0 spiro atoms. The smallest absolute Gasteiger partial charge is 0.160 e. The standard InChI is InChI=1S/C20H22N4/c1-4-17(5-2)19-23-18-10-14(3)12-22-20(18)24(19)13-16-8-6-15(11-21)7-9-16/h6-10,12,17H,4-5,13H2,1-3H3. The van der Waals surface area contributed by atoms with Crippen molar-refractivity contribution >= 4 is 11.2 Å². The SMILES string of the molecule is CCC(CC)c1nc2cc(C)cnc2n1Cc1ccc(C#N)cc1. The van der Waals surface area contributed by atoms with Gasteiger partial charge in [-0.25, -0.2) is 9.97 Å². The van der Waals surface area contributed by atoms with Crippen LogP contribution in [0.1, 0.15) is 55.1 Å². The highest BCUT2D eigenvalue weighted by molar-refractivity contribution is 5.72. The van der Waals surface area contributed by atoms with Crippen molar-refractivity contribution in [1.82, 2.24) is 14.5 Å². The van der Waals surface area contributed by atoms with Crippen molar-refractivity contribution in [2.75, 3.05) is 0 Å². The minimum atomic E-state index is 0.429. The fourth-order valence-electron chi connectivity index (χ4n) is 3.12. The number of nitrogens with zero attached hydrogens (tertiary/aromatic N) is 4. The van der Waals surface area contributed by atoms with Crippen molar-refractivity contribution < 1.29 is 0 Å². The van der Waals surface area contributed by atoms with Crippen LogP contribution in [-0.2, 0) is 6.54 Å². The first-order chi connectivity index (χ1) is 11.7. The number of rotatable bonds is 5. The van der Waals surface area contributed by atoms with Crippen LogP contribution >= 0.6 is 0 Å². The van der Waals surface area contributed by atoms with E-state index in [9.17, 15) is 0 Å². The van der Waals surface area contributed by atoms with Gasteiger partial charge in [0.1, 0.15) is 11.3 Å². The molecule has 0 aliphatic carbocycles. The van der Waals surface area contributed by atoms with Crippen LogP contribution in [0, 0.1) is 18.3 Å². The third-order valence-corrected chi connectivity index (χ3v) is 4.53. The van der Waals surface area contributed by atoms with Crippen molar-refractivity contribution in [2.45, 2.75) is 46.1 Å². The molecule has 0 saturated carbocycles. The van der Waals surface area contributed by atoms with E-state index in [-0.39, 0.29) is 0 Å². The van der Waals surface area contributed by atoms with Gasteiger partial charge in [0, 0.05) is 12.1 Å². The first kappa shape index (κ1) is 16.2. The lowest BCUT2D eigenvalue weighted by Crippen LogP contribution is -2.10. The second-order valence-electron chi connectivity index (χ2n) is 6.23. The van der Waals surface area contributed by atoms with E-state index >= 15 is 0 Å². The summed E-state index contributed by atoms with van der Waals surface area (Å²) in [4.78, 5) is 9.52. The van der Waals surface area contributed by atoms with Gasteiger partial charge in [0.25, 0.3) is 0 Å². The molecule has 0 unspecified atom stereocenters. The van der Waals surface area contributed by atoms with Crippen molar-refractivity contribution in [3.8, 4) is 6.07 Å². The number of hydrogen-bond donors (Lipinski definition) is 0. The van der Waals surface area contributed by atoms with E-state index in [0.29, 0.717) is 11.5 Å². The van der Waals surface area contributed by atoms with Crippen LogP contribution in [0.15, 0.2) is 36.5 Å².